The molecule has 0 aliphatic heterocycles. The Morgan fingerprint density at radius 3 is 2.37 bits per heavy atom. The number of nitrogens with one attached hydrogen (secondary N) is 2. The number of amides is 1. The average Bonchev–Trinajstić information content (AvgIpc) is 3.37. The first-order chi connectivity index (χ1) is 18.1. The summed E-state index contributed by atoms with van der Waals surface area (Å²) in [7, 11) is 0. The van der Waals surface area contributed by atoms with Gasteiger partial charge in [-0.15, -0.1) is 11.3 Å². The number of hydrogen-bond acceptors (Lipinski definition) is 5. The van der Waals surface area contributed by atoms with Crippen LogP contribution in [0.4, 0.5) is 18.9 Å². The molecule has 3 aromatic carbocycles. The minimum atomic E-state index is -4.50. The Hall–Kier alpha value is -3.70. The van der Waals surface area contributed by atoms with E-state index in [2.05, 4.69) is 31.5 Å². The molecule has 4 aromatic rings. The molecule has 0 saturated heterocycles. The van der Waals surface area contributed by atoms with Gasteiger partial charge in [0.25, 0.3) is 5.91 Å². The third-order valence-electron chi connectivity index (χ3n) is 5.54. The van der Waals surface area contributed by atoms with Crippen LogP contribution in [-0.4, -0.2) is 28.5 Å². The van der Waals surface area contributed by atoms with E-state index in [4.69, 9.17) is 5.11 Å². The number of hydrogen-bond donors (Lipinski definition) is 3. The third kappa shape index (κ3) is 6.99. The predicted molar refractivity (Wildman–Crippen MR) is 144 cm³/mol. The molecular weight excluding hydrogens is 583 g/mol. The lowest BCUT2D eigenvalue weighted by Crippen LogP contribution is -2.25. The van der Waals surface area contributed by atoms with Gasteiger partial charge in [0.1, 0.15) is 5.01 Å². The van der Waals surface area contributed by atoms with Gasteiger partial charge in [0.15, 0.2) is 0 Å². The molecule has 0 fully saturated rings. The minimum Gasteiger partial charge on any atom is -0.481 e. The molecule has 6 nitrogen and oxygen atoms in total. The smallest absolute Gasteiger partial charge is 0.416 e. The number of anilines is 1. The Labute approximate surface area is 228 Å². The second-order valence-corrected chi connectivity index (χ2v) is 10.0. The number of carboxylic acids is 1. The third-order valence-corrected chi connectivity index (χ3v) is 6.95. The first-order valence-corrected chi connectivity index (χ1v) is 13.0. The van der Waals surface area contributed by atoms with Crippen molar-refractivity contribution >= 4 is 44.8 Å². The molecule has 196 valence electrons. The van der Waals surface area contributed by atoms with Crippen molar-refractivity contribution in [2.45, 2.75) is 19.1 Å². The van der Waals surface area contributed by atoms with Crippen molar-refractivity contribution in [3.8, 4) is 21.8 Å². The number of rotatable bonds is 9. The number of carboxylic acid groups (broad SMARTS) is 1. The number of aliphatic carboxylic acids is 1. The number of aromatic nitrogens is 1. The summed E-state index contributed by atoms with van der Waals surface area (Å²) in [4.78, 5) is 27.3. The molecule has 1 amide bonds. The van der Waals surface area contributed by atoms with Crippen molar-refractivity contribution in [1.82, 2.24) is 10.3 Å². The first kappa shape index (κ1) is 27.3. The van der Waals surface area contributed by atoms with Crippen molar-refractivity contribution in [3.05, 3.63) is 93.3 Å². The molecule has 3 N–H and O–H groups in total. The number of alkyl halides is 3. The molecule has 11 heteroatoms. The number of thiazole rings is 1. The second-order valence-electron chi connectivity index (χ2n) is 8.25. The van der Waals surface area contributed by atoms with E-state index in [-0.39, 0.29) is 18.9 Å². The standard InChI is InChI=1S/C27H21BrF3N3O3S/c28-20-8-5-17(6-9-20)23-15-38-26(34-23)21-13-19(27(29,30)31)7-10-22(21)33-14-16-1-3-18(4-2-16)25(37)32-12-11-24(35)36/h1-10,13,15,33H,11-12,14H2,(H,32,37)(H,35,36). The van der Waals surface area contributed by atoms with E-state index < -0.39 is 17.7 Å². The number of nitrogens with zero attached hydrogens (tertiary/aromatic N) is 1. The molecule has 0 bridgehead atoms. The summed E-state index contributed by atoms with van der Waals surface area (Å²) < 4.78 is 41.4. The molecule has 0 aliphatic carbocycles. The normalized spacial score (nSPS) is 11.3. The van der Waals surface area contributed by atoms with Gasteiger partial charge in [-0.25, -0.2) is 4.98 Å². The number of carbonyl (C=O) groups excluding carboxylic acids is 1. The van der Waals surface area contributed by atoms with Crippen LogP contribution in [0.3, 0.4) is 0 Å². The topological polar surface area (TPSA) is 91.3 Å². The SMILES string of the molecule is O=C(O)CCNC(=O)c1ccc(CNc2ccc(C(F)(F)F)cc2-c2nc(-c3ccc(Br)cc3)cs2)cc1. The Morgan fingerprint density at radius 2 is 1.71 bits per heavy atom. The second kappa shape index (κ2) is 11.8. The van der Waals surface area contributed by atoms with Crippen LogP contribution in [0.5, 0.6) is 0 Å². The van der Waals surface area contributed by atoms with Gasteiger partial charge in [0.2, 0.25) is 0 Å². The molecule has 0 atom stereocenters. The molecule has 0 aliphatic rings. The summed E-state index contributed by atoms with van der Waals surface area (Å²) in [5, 5.41) is 16.7. The van der Waals surface area contributed by atoms with Crippen molar-refractivity contribution in [2.24, 2.45) is 0 Å². The summed E-state index contributed by atoms with van der Waals surface area (Å²) in [6.07, 6.45) is -4.67. The summed E-state index contributed by atoms with van der Waals surface area (Å²) in [5.74, 6) is -1.39. The summed E-state index contributed by atoms with van der Waals surface area (Å²) in [6, 6.07) is 17.7. The van der Waals surface area contributed by atoms with Gasteiger partial charge >= 0.3 is 12.1 Å². The molecule has 0 unspecified atom stereocenters. The zero-order valence-corrected chi connectivity index (χ0v) is 22.1. The molecule has 0 saturated carbocycles. The Bertz CT molecular complexity index is 1440. The zero-order chi connectivity index (χ0) is 27.3. The van der Waals surface area contributed by atoms with Gasteiger partial charge in [0, 0.05) is 45.3 Å². The zero-order valence-electron chi connectivity index (χ0n) is 19.7. The Kier molecular flexibility index (Phi) is 8.48. The molecule has 38 heavy (non-hydrogen) atoms. The van der Waals surface area contributed by atoms with Crippen molar-refractivity contribution in [3.63, 3.8) is 0 Å². The fourth-order valence-electron chi connectivity index (χ4n) is 3.56. The van der Waals surface area contributed by atoms with Crippen LogP contribution < -0.4 is 10.6 Å². The van der Waals surface area contributed by atoms with E-state index in [0.717, 1.165) is 27.7 Å². The summed E-state index contributed by atoms with van der Waals surface area (Å²) >= 11 is 4.64. The van der Waals surface area contributed by atoms with Gasteiger partial charge in [0.05, 0.1) is 17.7 Å². The first-order valence-electron chi connectivity index (χ1n) is 11.4. The van der Waals surface area contributed by atoms with E-state index in [1.54, 1.807) is 24.3 Å². The fourth-order valence-corrected chi connectivity index (χ4v) is 4.68. The lowest BCUT2D eigenvalue weighted by molar-refractivity contribution is -0.138. The number of carbonyl (C=O) groups is 2. The van der Waals surface area contributed by atoms with E-state index >= 15 is 0 Å². The van der Waals surface area contributed by atoms with Gasteiger partial charge in [-0.1, -0.05) is 40.2 Å². The Morgan fingerprint density at radius 1 is 1.00 bits per heavy atom. The van der Waals surface area contributed by atoms with Gasteiger partial charge in [-0.05, 0) is 48.0 Å². The molecule has 0 radical (unpaired) electrons. The van der Waals surface area contributed by atoms with E-state index in [1.165, 1.54) is 17.4 Å². The highest BCUT2D eigenvalue weighted by atomic mass is 79.9. The van der Waals surface area contributed by atoms with Crippen LogP contribution >= 0.6 is 27.3 Å². The summed E-state index contributed by atoms with van der Waals surface area (Å²) in [5.41, 5.74) is 2.75. The maximum absolute atomic E-state index is 13.5. The predicted octanol–water partition coefficient (Wildman–Crippen LogP) is 7.08. The molecule has 1 heterocycles. The summed E-state index contributed by atoms with van der Waals surface area (Å²) in [6.45, 7) is 0.318. The van der Waals surface area contributed by atoms with Crippen LogP contribution in [-0.2, 0) is 17.5 Å². The monoisotopic (exact) mass is 603 g/mol. The molecular formula is C27H21BrF3N3O3S. The molecule has 0 spiro atoms. The van der Waals surface area contributed by atoms with Crippen molar-refractivity contribution < 1.29 is 27.9 Å². The highest BCUT2D eigenvalue weighted by Gasteiger charge is 2.31. The minimum absolute atomic E-state index is 0.0223. The molecule has 1 aromatic heterocycles. The van der Waals surface area contributed by atoms with Crippen LogP contribution in [0.25, 0.3) is 21.8 Å². The fraction of sp³-hybridized carbons (Fsp3) is 0.148. The van der Waals surface area contributed by atoms with Gasteiger partial charge in [-0.2, -0.15) is 13.2 Å². The highest BCUT2D eigenvalue weighted by Crippen LogP contribution is 2.38. The van der Waals surface area contributed by atoms with Crippen LogP contribution in [0.2, 0.25) is 0 Å². The Balaban J connectivity index is 1.53. The van der Waals surface area contributed by atoms with E-state index in [0.29, 0.717) is 34.1 Å². The number of benzene rings is 3. The molecule has 4 rings (SSSR count). The largest absolute Gasteiger partial charge is 0.481 e. The quantitative estimate of drug-likeness (QED) is 0.190. The lowest BCUT2D eigenvalue weighted by Gasteiger charge is -2.14. The maximum Gasteiger partial charge on any atom is 0.416 e. The van der Waals surface area contributed by atoms with Crippen LogP contribution in [0.1, 0.15) is 27.9 Å². The van der Waals surface area contributed by atoms with Crippen LogP contribution in [0, 0.1) is 0 Å². The van der Waals surface area contributed by atoms with Crippen molar-refractivity contribution in [1.29, 1.82) is 0 Å². The van der Waals surface area contributed by atoms with E-state index in [9.17, 15) is 22.8 Å². The van der Waals surface area contributed by atoms with Gasteiger partial charge < -0.3 is 15.7 Å². The van der Waals surface area contributed by atoms with Crippen molar-refractivity contribution in [2.75, 3.05) is 11.9 Å². The maximum atomic E-state index is 13.5. The van der Waals surface area contributed by atoms with E-state index in [1.807, 2.05) is 29.6 Å². The van der Waals surface area contributed by atoms with Crippen LogP contribution in [0.15, 0.2) is 76.6 Å². The lowest BCUT2D eigenvalue weighted by atomic mass is 10.1. The average molecular weight is 604 g/mol. The van der Waals surface area contributed by atoms with Gasteiger partial charge in [-0.3, -0.25) is 9.59 Å². The number of halogens is 4. The highest BCUT2D eigenvalue weighted by molar-refractivity contribution is 9.10.